The van der Waals surface area contributed by atoms with Crippen molar-refractivity contribution in [2.24, 2.45) is 11.8 Å². The highest BCUT2D eigenvalue weighted by atomic mass is 16.3. The van der Waals surface area contributed by atoms with E-state index in [4.69, 9.17) is 4.42 Å². The summed E-state index contributed by atoms with van der Waals surface area (Å²) in [4.78, 5) is 2.51. The number of fused-ring (bicyclic) bond motifs is 1. The van der Waals surface area contributed by atoms with Gasteiger partial charge in [-0.2, -0.15) is 0 Å². The van der Waals surface area contributed by atoms with E-state index in [-0.39, 0.29) is 0 Å². The van der Waals surface area contributed by atoms with Gasteiger partial charge in [0.2, 0.25) is 0 Å². The van der Waals surface area contributed by atoms with Crippen LogP contribution in [0.4, 0.5) is 0 Å². The molecule has 1 aromatic heterocycles. The lowest BCUT2D eigenvalue weighted by atomic mass is 10.0. The Kier molecular flexibility index (Phi) is 2.07. The fraction of sp³-hybridized carbons (Fsp3) is 0.636. The maximum atomic E-state index is 5.36. The van der Waals surface area contributed by atoms with Crippen LogP contribution in [0.5, 0.6) is 0 Å². The van der Waals surface area contributed by atoms with Gasteiger partial charge in [-0.3, -0.25) is 4.90 Å². The molecule has 0 spiro atoms. The third-order valence-corrected chi connectivity index (χ3v) is 3.42. The largest absolute Gasteiger partial charge is 0.468 e. The average Bonchev–Trinajstić information content (AvgIpc) is 2.78. The fourth-order valence-electron chi connectivity index (χ4n) is 2.70. The van der Waals surface area contributed by atoms with Crippen LogP contribution in [0, 0.1) is 11.8 Å². The molecular formula is C11H16N2O. The van der Waals surface area contributed by atoms with Gasteiger partial charge < -0.3 is 9.73 Å². The van der Waals surface area contributed by atoms with Crippen molar-refractivity contribution in [3.05, 3.63) is 24.2 Å². The van der Waals surface area contributed by atoms with E-state index in [0.717, 1.165) is 24.1 Å². The molecule has 2 saturated heterocycles. The van der Waals surface area contributed by atoms with Crippen molar-refractivity contribution in [1.82, 2.24) is 10.2 Å². The van der Waals surface area contributed by atoms with E-state index in [1.54, 1.807) is 6.26 Å². The van der Waals surface area contributed by atoms with Gasteiger partial charge >= 0.3 is 0 Å². The third kappa shape index (κ3) is 1.47. The Morgan fingerprint density at radius 3 is 2.79 bits per heavy atom. The summed E-state index contributed by atoms with van der Waals surface area (Å²) in [5.74, 6) is 2.85. The van der Waals surface area contributed by atoms with Crippen molar-refractivity contribution < 1.29 is 4.42 Å². The monoisotopic (exact) mass is 192 g/mol. The van der Waals surface area contributed by atoms with E-state index in [0.29, 0.717) is 0 Å². The van der Waals surface area contributed by atoms with E-state index in [2.05, 4.69) is 16.3 Å². The first kappa shape index (κ1) is 8.50. The lowest BCUT2D eigenvalue weighted by molar-refractivity contribution is 0.278. The van der Waals surface area contributed by atoms with E-state index in [9.17, 15) is 0 Å². The predicted octanol–water partition coefficient (Wildman–Crippen LogP) is 0.931. The minimum atomic E-state index is 0.880. The molecule has 1 aromatic rings. The van der Waals surface area contributed by atoms with Crippen molar-refractivity contribution in [2.75, 3.05) is 26.2 Å². The van der Waals surface area contributed by atoms with Crippen LogP contribution >= 0.6 is 0 Å². The summed E-state index contributed by atoms with van der Waals surface area (Å²) in [6, 6.07) is 4.03. The van der Waals surface area contributed by atoms with Gasteiger partial charge in [0.25, 0.3) is 0 Å². The summed E-state index contributed by atoms with van der Waals surface area (Å²) >= 11 is 0. The molecule has 3 heteroatoms. The van der Waals surface area contributed by atoms with Crippen molar-refractivity contribution in [2.45, 2.75) is 6.54 Å². The molecule has 1 N–H and O–H groups in total. The number of nitrogens with zero attached hydrogens (tertiary/aromatic N) is 1. The van der Waals surface area contributed by atoms with Gasteiger partial charge in [0, 0.05) is 13.1 Å². The Bertz CT molecular complexity index is 284. The summed E-state index contributed by atoms with van der Waals surface area (Å²) < 4.78 is 5.36. The molecule has 76 valence electrons. The lowest BCUT2D eigenvalue weighted by Gasteiger charge is -2.14. The number of furan rings is 1. The van der Waals surface area contributed by atoms with Crippen LogP contribution < -0.4 is 5.32 Å². The maximum absolute atomic E-state index is 5.36. The number of hydrogen-bond acceptors (Lipinski definition) is 3. The molecule has 2 unspecified atom stereocenters. The van der Waals surface area contributed by atoms with Crippen LogP contribution in [-0.4, -0.2) is 31.1 Å². The fourth-order valence-corrected chi connectivity index (χ4v) is 2.70. The van der Waals surface area contributed by atoms with E-state index < -0.39 is 0 Å². The number of rotatable bonds is 2. The highest BCUT2D eigenvalue weighted by Gasteiger charge is 2.35. The lowest BCUT2D eigenvalue weighted by Crippen LogP contribution is -2.25. The Hall–Kier alpha value is -0.800. The van der Waals surface area contributed by atoms with Gasteiger partial charge in [0.05, 0.1) is 12.8 Å². The minimum absolute atomic E-state index is 0.880. The molecule has 3 rings (SSSR count). The first-order valence-corrected chi connectivity index (χ1v) is 5.37. The van der Waals surface area contributed by atoms with Crippen LogP contribution in [0.15, 0.2) is 22.8 Å². The van der Waals surface area contributed by atoms with Crippen LogP contribution in [-0.2, 0) is 6.54 Å². The zero-order chi connectivity index (χ0) is 9.38. The van der Waals surface area contributed by atoms with E-state index in [1.807, 2.05) is 6.07 Å². The maximum Gasteiger partial charge on any atom is 0.117 e. The number of nitrogens with one attached hydrogen (secondary N) is 1. The zero-order valence-electron chi connectivity index (χ0n) is 8.28. The Morgan fingerprint density at radius 1 is 1.36 bits per heavy atom. The van der Waals surface area contributed by atoms with Gasteiger partial charge in [0.1, 0.15) is 5.76 Å². The Labute approximate surface area is 84.1 Å². The first-order chi connectivity index (χ1) is 6.92. The molecule has 0 aliphatic carbocycles. The van der Waals surface area contributed by atoms with Gasteiger partial charge in [-0.1, -0.05) is 0 Å². The van der Waals surface area contributed by atoms with Crippen LogP contribution in [0.3, 0.4) is 0 Å². The molecule has 2 fully saturated rings. The summed E-state index contributed by atoms with van der Waals surface area (Å²) in [6.07, 6.45) is 1.76. The Balaban J connectivity index is 1.61. The molecule has 14 heavy (non-hydrogen) atoms. The zero-order valence-corrected chi connectivity index (χ0v) is 8.28. The average molecular weight is 192 g/mol. The second kappa shape index (κ2) is 3.41. The standard InChI is InChI=1S/C11H16N2O/c1-2-11(14-3-1)8-13-6-9-4-12-5-10(9)7-13/h1-3,9-10,12H,4-8H2. The number of hydrogen-bond donors (Lipinski definition) is 1. The molecule has 2 aliphatic heterocycles. The Morgan fingerprint density at radius 2 is 2.14 bits per heavy atom. The number of likely N-dealkylation sites (tertiary alicyclic amines) is 1. The predicted molar refractivity (Wildman–Crippen MR) is 53.8 cm³/mol. The molecular weight excluding hydrogens is 176 g/mol. The second-order valence-corrected chi connectivity index (χ2v) is 4.45. The minimum Gasteiger partial charge on any atom is -0.468 e. The highest BCUT2D eigenvalue weighted by Crippen LogP contribution is 2.27. The van der Waals surface area contributed by atoms with Crippen LogP contribution in [0.2, 0.25) is 0 Å². The van der Waals surface area contributed by atoms with Gasteiger partial charge in [-0.25, -0.2) is 0 Å². The van der Waals surface area contributed by atoms with Crippen molar-refractivity contribution >= 4 is 0 Å². The van der Waals surface area contributed by atoms with E-state index in [1.165, 1.54) is 26.2 Å². The molecule has 2 aliphatic rings. The smallest absolute Gasteiger partial charge is 0.117 e. The summed E-state index contributed by atoms with van der Waals surface area (Å²) in [6.45, 7) is 5.87. The first-order valence-electron chi connectivity index (χ1n) is 5.37. The molecule has 0 amide bonds. The van der Waals surface area contributed by atoms with E-state index >= 15 is 0 Å². The van der Waals surface area contributed by atoms with Gasteiger partial charge in [-0.05, 0) is 37.1 Å². The quantitative estimate of drug-likeness (QED) is 0.755. The molecule has 3 nitrogen and oxygen atoms in total. The van der Waals surface area contributed by atoms with Crippen molar-refractivity contribution in [3.8, 4) is 0 Å². The van der Waals surface area contributed by atoms with Crippen LogP contribution in [0.25, 0.3) is 0 Å². The molecule has 0 aromatic carbocycles. The molecule has 0 radical (unpaired) electrons. The van der Waals surface area contributed by atoms with Gasteiger partial charge in [-0.15, -0.1) is 0 Å². The third-order valence-electron chi connectivity index (χ3n) is 3.42. The summed E-state index contributed by atoms with van der Waals surface area (Å²) in [5.41, 5.74) is 0. The molecule has 3 heterocycles. The summed E-state index contributed by atoms with van der Waals surface area (Å²) in [7, 11) is 0. The molecule has 2 atom stereocenters. The topological polar surface area (TPSA) is 28.4 Å². The SMILES string of the molecule is c1coc(CN2CC3CNCC3C2)c1. The normalized spacial score (nSPS) is 32.3. The highest BCUT2D eigenvalue weighted by molar-refractivity contribution is 5.00. The molecule has 0 saturated carbocycles. The van der Waals surface area contributed by atoms with Crippen LogP contribution in [0.1, 0.15) is 5.76 Å². The second-order valence-electron chi connectivity index (χ2n) is 4.45. The van der Waals surface area contributed by atoms with Crippen molar-refractivity contribution in [3.63, 3.8) is 0 Å². The van der Waals surface area contributed by atoms with Gasteiger partial charge in [0.15, 0.2) is 0 Å². The summed E-state index contributed by atoms with van der Waals surface area (Å²) in [5, 5.41) is 3.45. The molecule has 0 bridgehead atoms. The van der Waals surface area contributed by atoms with Crippen molar-refractivity contribution in [1.29, 1.82) is 0 Å².